The molecule has 6 nitrogen and oxygen atoms in total. The SMILES string of the molecule is Cc1ccc(NC(=O)c2ccc(NCCN(C)C)nc2)cc1-c1ccccn1. The Hall–Kier alpha value is -3.25. The van der Waals surface area contributed by atoms with Gasteiger partial charge in [0.1, 0.15) is 5.82 Å². The van der Waals surface area contributed by atoms with Gasteiger partial charge in [-0.1, -0.05) is 12.1 Å². The molecule has 0 aliphatic heterocycles. The number of nitrogens with zero attached hydrogens (tertiary/aromatic N) is 3. The molecule has 0 radical (unpaired) electrons. The zero-order valence-corrected chi connectivity index (χ0v) is 16.4. The summed E-state index contributed by atoms with van der Waals surface area (Å²) in [5, 5.41) is 6.17. The van der Waals surface area contributed by atoms with Gasteiger partial charge in [0.2, 0.25) is 0 Å². The van der Waals surface area contributed by atoms with Crippen molar-refractivity contribution in [2.45, 2.75) is 6.92 Å². The number of likely N-dealkylation sites (N-methyl/N-ethyl adjacent to an activating group) is 1. The summed E-state index contributed by atoms with van der Waals surface area (Å²) >= 11 is 0. The van der Waals surface area contributed by atoms with Crippen LogP contribution in [-0.2, 0) is 0 Å². The standard InChI is InChI=1S/C22H25N5O/c1-16-7-9-18(14-19(16)20-6-4-5-11-23-20)26-22(28)17-8-10-21(25-15-17)24-12-13-27(2)3/h4-11,14-15H,12-13H2,1-3H3,(H,24,25)(H,26,28). The van der Waals surface area contributed by atoms with Crippen molar-refractivity contribution in [2.75, 3.05) is 37.8 Å². The van der Waals surface area contributed by atoms with Gasteiger partial charge in [0, 0.05) is 36.7 Å². The van der Waals surface area contributed by atoms with Crippen LogP contribution in [0.25, 0.3) is 11.3 Å². The molecule has 0 aliphatic carbocycles. The van der Waals surface area contributed by atoms with Crippen LogP contribution < -0.4 is 10.6 Å². The first-order valence-corrected chi connectivity index (χ1v) is 9.21. The normalized spacial score (nSPS) is 10.7. The van der Waals surface area contributed by atoms with Gasteiger partial charge < -0.3 is 15.5 Å². The summed E-state index contributed by atoms with van der Waals surface area (Å²) in [5.41, 5.74) is 4.22. The number of carbonyl (C=O) groups excluding carboxylic acids is 1. The minimum Gasteiger partial charge on any atom is -0.369 e. The van der Waals surface area contributed by atoms with Crippen LogP contribution in [0, 0.1) is 6.92 Å². The van der Waals surface area contributed by atoms with E-state index in [-0.39, 0.29) is 5.91 Å². The van der Waals surface area contributed by atoms with Crippen molar-refractivity contribution < 1.29 is 4.79 Å². The smallest absolute Gasteiger partial charge is 0.257 e. The molecule has 28 heavy (non-hydrogen) atoms. The van der Waals surface area contributed by atoms with E-state index in [1.807, 2.05) is 63.5 Å². The number of hydrogen-bond acceptors (Lipinski definition) is 5. The number of pyridine rings is 2. The molecule has 1 amide bonds. The van der Waals surface area contributed by atoms with Crippen molar-refractivity contribution in [1.29, 1.82) is 0 Å². The fourth-order valence-electron chi connectivity index (χ4n) is 2.74. The molecule has 0 saturated carbocycles. The van der Waals surface area contributed by atoms with Crippen LogP contribution in [0.2, 0.25) is 0 Å². The predicted molar refractivity (Wildman–Crippen MR) is 114 cm³/mol. The van der Waals surface area contributed by atoms with E-state index in [0.717, 1.165) is 41.4 Å². The second-order valence-electron chi connectivity index (χ2n) is 6.86. The van der Waals surface area contributed by atoms with E-state index in [9.17, 15) is 4.79 Å². The first-order valence-electron chi connectivity index (χ1n) is 9.21. The summed E-state index contributed by atoms with van der Waals surface area (Å²) in [6.45, 7) is 3.74. The third-order valence-corrected chi connectivity index (χ3v) is 4.33. The van der Waals surface area contributed by atoms with Crippen LogP contribution in [0.1, 0.15) is 15.9 Å². The number of carbonyl (C=O) groups is 1. The van der Waals surface area contributed by atoms with E-state index in [4.69, 9.17) is 0 Å². The van der Waals surface area contributed by atoms with Gasteiger partial charge in [-0.15, -0.1) is 0 Å². The monoisotopic (exact) mass is 375 g/mol. The van der Waals surface area contributed by atoms with Crippen LogP contribution in [0.4, 0.5) is 11.5 Å². The molecule has 0 atom stereocenters. The minimum atomic E-state index is -0.192. The van der Waals surface area contributed by atoms with Crippen LogP contribution in [0.3, 0.4) is 0 Å². The molecule has 3 rings (SSSR count). The Bertz CT molecular complexity index is 923. The van der Waals surface area contributed by atoms with Crippen molar-refractivity contribution in [3.63, 3.8) is 0 Å². The molecule has 144 valence electrons. The van der Waals surface area contributed by atoms with Gasteiger partial charge in [0.15, 0.2) is 0 Å². The van der Waals surface area contributed by atoms with Gasteiger partial charge in [-0.05, 0) is 63.0 Å². The lowest BCUT2D eigenvalue weighted by atomic mass is 10.0. The van der Waals surface area contributed by atoms with Gasteiger partial charge in [0.05, 0.1) is 11.3 Å². The average Bonchev–Trinajstić information content (AvgIpc) is 2.70. The van der Waals surface area contributed by atoms with Crippen LogP contribution >= 0.6 is 0 Å². The summed E-state index contributed by atoms with van der Waals surface area (Å²) in [6, 6.07) is 15.2. The lowest BCUT2D eigenvalue weighted by molar-refractivity contribution is 0.102. The van der Waals surface area contributed by atoms with E-state index in [1.165, 1.54) is 0 Å². The Kier molecular flexibility index (Phi) is 6.34. The number of rotatable bonds is 7. The predicted octanol–water partition coefficient (Wildman–Crippen LogP) is 3.68. The van der Waals surface area contributed by atoms with Crippen molar-refractivity contribution in [2.24, 2.45) is 0 Å². The fourth-order valence-corrected chi connectivity index (χ4v) is 2.74. The lowest BCUT2D eigenvalue weighted by Gasteiger charge is -2.12. The number of amides is 1. The third kappa shape index (κ3) is 5.14. The molecular weight excluding hydrogens is 350 g/mol. The van der Waals surface area contributed by atoms with E-state index in [1.54, 1.807) is 18.5 Å². The summed E-state index contributed by atoms with van der Waals surface area (Å²) in [4.78, 5) is 23.4. The maximum absolute atomic E-state index is 12.6. The van der Waals surface area contributed by atoms with E-state index in [2.05, 4.69) is 25.5 Å². The van der Waals surface area contributed by atoms with Crippen molar-refractivity contribution in [1.82, 2.24) is 14.9 Å². The summed E-state index contributed by atoms with van der Waals surface area (Å²) < 4.78 is 0. The molecule has 6 heteroatoms. The van der Waals surface area contributed by atoms with E-state index >= 15 is 0 Å². The van der Waals surface area contributed by atoms with Gasteiger partial charge in [-0.3, -0.25) is 9.78 Å². The molecule has 1 aromatic carbocycles. The quantitative estimate of drug-likeness (QED) is 0.659. The second-order valence-corrected chi connectivity index (χ2v) is 6.86. The number of anilines is 2. The number of hydrogen-bond donors (Lipinski definition) is 2. The molecule has 2 aromatic heterocycles. The zero-order chi connectivity index (χ0) is 19.9. The Morgan fingerprint density at radius 1 is 1.07 bits per heavy atom. The summed E-state index contributed by atoms with van der Waals surface area (Å²) in [5.74, 6) is 0.564. The molecule has 0 unspecified atom stereocenters. The van der Waals surface area contributed by atoms with Gasteiger partial charge in [-0.2, -0.15) is 0 Å². The van der Waals surface area contributed by atoms with E-state index < -0.39 is 0 Å². The Balaban J connectivity index is 1.68. The number of nitrogens with one attached hydrogen (secondary N) is 2. The van der Waals surface area contributed by atoms with Gasteiger partial charge in [0.25, 0.3) is 5.91 Å². The molecule has 0 fully saturated rings. The van der Waals surface area contributed by atoms with Crippen LogP contribution in [-0.4, -0.2) is 48.0 Å². The lowest BCUT2D eigenvalue weighted by Crippen LogP contribution is -2.21. The molecule has 3 aromatic rings. The van der Waals surface area contributed by atoms with E-state index in [0.29, 0.717) is 5.56 Å². The van der Waals surface area contributed by atoms with Crippen molar-refractivity contribution in [3.8, 4) is 11.3 Å². The number of aryl methyl sites for hydroxylation is 1. The second kappa shape index (κ2) is 9.10. The Labute approximate surface area is 165 Å². The first-order chi connectivity index (χ1) is 13.5. The van der Waals surface area contributed by atoms with Crippen LogP contribution in [0.5, 0.6) is 0 Å². The maximum Gasteiger partial charge on any atom is 0.257 e. The number of aromatic nitrogens is 2. The Morgan fingerprint density at radius 2 is 1.93 bits per heavy atom. The molecule has 2 heterocycles. The molecule has 0 aliphatic rings. The molecule has 0 bridgehead atoms. The molecule has 0 saturated heterocycles. The third-order valence-electron chi connectivity index (χ3n) is 4.33. The first kappa shape index (κ1) is 19.5. The highest BCUT2D eigenvalue weighted by Gasteiger charge is 2.09. The highest BCUT2D eigenvalue weighted by Crippen LogP contribution is 2.25. The zero-order valence-electron chi connectivity index (χ0n) is 16.4. The Morgan fingerprint density at radius 3 is 2.61 bits per heavy atom. The average molecular weight is 375 g/mol. The summed E-state index contributed by atoms with van der Waals surface area (Å²) in [6.07, 6.45) is 3.35. The van der Waals surface area contributed by atoms with Crippen molar-refractivity contribution in [3.05, 3.63) is 72.1 Å². The van der Waals surface area contributed by atoms with Gasteiger partial charge >= 0.3 is 0 Å². The fraction of sp³-hybridized carbons (Fsp3) is 0.227. The minimum absolute atomic E-state index is 0.192. The van der Waals surface area contributed by atoms with Crippen LogP contribution in [0.15, 0.2) is 60.9 Å². The topological polar surface area (TPSA) is 70.2 Å². The van der Waals surface area contributed by atoms with Gasteiger partial charge in [-0.25, -0.2) is 4.98 Å². The largest absolute Gasteiger partial charge is 0.369 e. The highest BCUT2D eigenvalue weighted by atomic mass is 16.1. The molecule has 2 N–H and O–H groups in total. The molecular formula is C22H25N5O. The highest BCUT2D eigenvalue weighted by molar-refractivity contribution is 6.04. The number of benzene rings is 1. The summed E-state index contributed by atoms with van der Waals surface area (Å²) in [7, 11) is 4.04. The molecule has 0 spiro atoms. The maximum atomic E-state index is 12.6. The van der Waals surface area contributed by atoms with Crippen molar-refractivity contribution >= 4 is 17.4 Å².